The van der Waals surface area contributed by atoms with Crippen LogP contribution in [0.25, 0.3) is 0 Å². The van der Waals surface area contributed by atoms with Crippen LogP contribution in [0.3, 0.4) is 0 Å². The molecule has 0 aromatic heterocycles. The minimum atomic E-state index is -0.771. The normalized spacial score (nSPS) is 23.3. The number of hydrogen-bond acceptors (Lipinski definition) is 2. The molecule has 1 N–H and O–H groups in total. The Morgan fingerprint density at radius 1 is 1.44 bits per heavy atom. The summed E-state index contributed by atoms with van der Waals surface area (Å²) in [6.45, 7) is 8.22. The molecular weight excluding hydrogens is 226 g/mol. The minimum Gasteiger partial charge on any atom is -0.480 e. The molecule has 3 heteroatoms. The summed E-state index contributed by atoms with van der Waals surface area (Å²) >= 11 is 0. The van der Waals surface area contributed by atoms with Crippen LogP contribution in [0, 0.1) is 0 Å². The second-order valence-corrected chi connectivity index (χ2v) is 5.86. The van der Waals surface area contributed by atoms with Crippen molar-refractivity contribution in [3.8, 4) is 0 Å². The maximum Gasteiger partial charge on any atom is 0.326 e. The van der Waals surface area contributed by atoms with Gasteiger partial charge in [0.15, 0.2) is 0 Å². The lowest BCUT2D eigenvalue weighted by atomic mass is 9.79. The number of carboxylic acid groups (broad SMARTS) is 1. The Kier molecular flexibility index (Phi) is 3.09. The molecule has 2 rings (SSSR count). The van der Waals surface area contributed by atoms with Gasteiger partial charge in [0.2, 0.25) is 0 Å². The SMILES string of the molecule is C[C@@H]1CC(C)(C)N([C@H](C)C(=O)O)c2ccccc21. The molecular formula is C15H21NO2. The zero-order chi connectivity index (χ0) is 13.5. The maximum atomic E-state index is 11.3. The van der Waals surface area contributed by atoms with Gasteiger partial charge in [-0.25, -0.2) is 4.79 Å². The molecule has 3 nitrogen and oxygen atoms in total. The molecule has 0 saturated carbocycles. The van der Waals surface area contributed by atoms with E-state index in [1.807, 2.05) is 23.1 Å². The van der Waals surface area contributed by atoms with Crippen LogP contribution in [-0.4, -0.2) is 22.7 Å². The number of anilines is 1. The van der Waals surface area contributed by atoms with Gasteiger partial charge in [-0.1, -0.05) is 25.1 Å². The second kappa shape index (κ2) is 4.30. The van der Waals surface area contributed by atoms with Gasteiger partial charge in [-0.15, -0.1) is 0 Å². The monoisotopic (exact) mass is 247 g/mol. The van der Waals surface area contributed by atoms with Gasteiger partial charge in [0.05, 0.1) is 0 Å². The summed E-state index contributed by atoms with van der Waals surface area (Å²) in [5.41, 5.74) is 2.19. The maximum absolute atomic E-state index is 11.3. The molecule has 0 fully saturated rings. The molecule has 1 aromatic carbocycles. The Morgan fingerprint density at radius 3 is 2.67 bits per heavy atom. The van der Waals surface area contributed by atoms with Crippen LogP contribution in [0.1, 0.15) is 45.6 Å². The van der Waals surface area contributed by atoms with Crippen LogP contribution in [0.4, 0.5) is 5.69 Å². The highest BCUT2D eigenvalue weighted by Crippen LogP contribution is 2.44. The van der Waals surface area contributed by atoms with Crippen molar-refractivity contribution >= 4 is 11.7 Å². The van der Waals surface area contributed by atoms with Crippen LogP contribution in [0.5, 0.6) is 0 Å². The predicted octanol–water partition coefficient (Wildman–Crippen LogP) is 3.25. The Morgan fingerprint density at radius 2 is 2.06 bits per heavy atom. The van der Waals surface area contributed by atoms with Crippen molar-refractivity contribution in [3.05, 3.63) is 29.8 Å². The van der Waals surface area contributed by atoms with Crippen LogP contribution >= 0.6 is 0 Å². The van der Waals surface area contributed by atoms with Crippen molar-refractivity contribution < 1.29 is 9.90 Å². The van der Waals surface area contributed by atoms with Crippen molar-refractivity contribution in [1.29, 1.82) is 0 Å². The quantitative estimate of drug-likeness (QED) is 0.872. The molecule has 1 aliphatic rings. The largest absolute Gasteiger partial charge is 0.480 e. The smallest absolute Gasteiger partial charge is 0.326 e. The molecule has 98 valence electrons. The van der Waals surface area contributed by atoms with Crippen molar-refractivity contribution in [2.24, 2.45) is 0 Å². The number of benzene rings is 1. The summed E-state index contributed by atoms with van der Waals surface area (Å²) < 4.78 is 0. The lowest BCUT2D eigenvalue weighted by molar-refractivity contribution is -0.138. The average molecular weight is 247 g/mol. The molecule has 1 aliphatic heterocycles. The van der Waals surface area contributed by atoms with Crippen LogP contribution < -0.4 is 4.90 Å². The van der Waals surface area contributed by atoms with Gasteiger partial charge in [-0.2, -0.15) is 0 Å². The van der Waals surface area contributed by atoms with Crippen molar-refractivity contribution in [1.82, 2.24) is 0 Å². The fraction of sp³-hybridized carbons (Fsp3) is 0.533. The molecule has 0 saturated heterocycles. The lowest BCUT2D eigenvalue weighted by Crippen LogP contribution is -2.55. The number of nitrogens with zero attached hydrogens (tertiary/aromatic N) is 1. The summed E-state index contributed by atoms with van der Waals surface area (Å²) in [6, 6.07) is 7.64. The topological polar surface area (TPSA) is 40.5 Å². The molecule has 0 aliphatic carbocycles. The highest BCUT2D eigenvalue weighted by Gasteiger charge is 2.40. The van der Waals surface area contributed by atoms with Crippen molar-refractivity contribution in [3.63, 3.8) is 0 Å². The molecule has 2 atom stereocenters. The number of hydrogen-bond donors (Lipinski definition) is 1. The molecule has 0 unspecified atom stereocenters. The van der Waals surface area contributed by atoms with Gasteiger partial charge in [0, 0.05) is 11.2 Å². The van der Waals surface area contributed by atoms with E-state index in [0.29, 0.717) is 5.92 Å². The first-order chi connectivity index (χ1) is 8.34. The number of para-hydroxylation sites is 1. The first-order valence-corrected chi connectivity index (χ1v) is 6.45. The Balaban J connectivity index is 2.55. The average Bonchev–Trinajstić information content (AvgIpc) is 2.27. The summed E-state index contributed by atoms with van der Waals surface area (Å²) in [6.07, 6.45) is 0.974. The van der Waals surface area contributed by atoms with Gasteiger partial charge in [-0.3, -0.25) is 0 Å². The third-order valence-electron chi connectivity index (χ3n) is 3.93. The Labute approximate surface area is 108 Å². The Hall–Kier alpha value is -1.51. The van der Waals surface area contributed by atoms with Crippen LogP contribution in [0.2, 0.25) is 0 Å². The number of aliphatic carboxylic acids is 1. The van der Waals surface area contributed by atoms with Crippen LogP contribution in [0.15, 0.2) is 24.3 Å². The minimum absolute atomic E-state index is 0.133. The predicted molar refractivity (Wildman–Crippen MR) is 73.1 cm³/mol. The zero-order valence-corrected chi connectivity index (χ0v) is 11.5. The third-order valence-corrected chi connectivity index (χ3v) is 3.93. The van der Waals surface area contributed by atoms with E-state index < -0.39 is 12.0 Å². The molecule has 1 heterocycles. The fourth-order valence-corrected chi connectivity index (χ4v) is 3.25. The van der Waals surface area contributed by atoms with Gasteiger partial charge in [0.25, 0.3) is 0 Å². The number of fused-ring (bicyclic) bond motifs is 1. The Bertz CT molecular complexity index is 467. The molecule has 0 radical (unpaired) electrons. The molecule has 1 aromatic rings. The molecule has 0 bridgehead atoms. The van der Waals surface area contributed by atoms with E-state index in [1.54, 1.807) is 6.92 Å². The molecule has 18 heavy (non-hydrogen) atoms. The highest BCUT2D eigenvalue weighted by atomic mass is 16.4. The fourth-order valence-electron chi connectivity index (χ4n) is 3.25. The van der Waals surface area contributed by atoms with E-state index in [4.69, 9.17) is 0 Å². The standard InChI is InChI=1S/C15H21NO2/c1-10-9-15(3,4)16(11(2)14(17)18)13-8-6-5-7-12(10)13/h5-8,10-11H,9H2,1-4H3,(H,17,18)/t10-,11-/m1/s1. The van der Waals surface area contributed by atoms with E-state index in [-0.39, 0.29) is 5.54 Å². The third kappa shape index (κ3) is 1.98. The van der Waals surface area contributed by atoms with E-state index in [1.165, 1.54) is 5.56 Å². The number of rotatable bonds is 2. The molecule has 0 amide bonds. The van der Waals surface area contributed by atoms with E-state index in [0.717, 1.165) is 12.1 Å². The first kappa shape index (κ1) is 12.9. The second-order valence-electron chi connectivity index (χ2n) is 5.86. The van der Waals surface area contributed by atoms with E-state index in [9.17, 15) is 9.90 Å². The number of carboxylic acids is 1. The highest BCUT2D eigenvalue weighted by molar-refractivity contribution is 5.79. The summed E-state index contributed by atoms with van der Waals surface area (Å²) in [5.74, 6) is -0.305. The van der Waals surface area contributed by atoms with Crippen LogP contribution in [-0.2, 0) is 4.79 Å². The first-order valence-electron chi connectivity index (χ1n) is 6.45. The zero-order valence-electron chi connectivity index (χ0n) is 11.5. The van der Waals surface area contributed by atoms with Crippen molar-refractivity contribution in [2.45, 2.75) is 51.6 Å². The van der Waals surface area contributed by atoms with Gasteiger partial charge >= 0.3 is 5.97 Å². The number of carbonyl (C=O) groups is 1. The summed E-state index contributed by atoms with van der Waals surface area (Å²) in [7, 11) is 0. The van der Waals surface area contributed by atoms with Gasteiger partial charge in [0.1, 0.15) is 6.04 Å². The van der Waals surface area contributed by atoms with Gasteiger partial charge < -0.3 is 10.0 Å². The van der Waals surface area contributed by atoms with Gasteiger partial charge in [-0.05, 0) is 44.7 Å². The van der Waals surface area contributed by atoms with E-state index >= 15 is 0 Å². The lowest BCUT2D eigenvalue weighted by Gasteiger charge is -2.49. The molecule has 0 spiro atoms. The van der Waals surface area contributed by atoms with Crippen molar-refractivity contribution in [2.75, 3.05) is 4.90 Å². The summed E-state index contributed by atoms with van der Waals surface area (Å²) in [5, 5.41) is 9.32. The van der Waals surface area contributed by atoms with E-state index in [2.05, 4.69) is 26.8 Å². The summed E-state index contributed by atoms with van der Waals surface area (Å²) in [4.78, 5) is 13.4.